The molecule has 3 aromatic rings. The highest BCUT2D eigenvalue weighted by atomic mass is 19.1. The maximum atomic E-state index is 13.2. The van der Waals surface area contributed by atoms with Crippen LogP contribution in [0.5, 0.6) is 0 Å². The van der Waals surface area contributed by atoms with Gasteiger partial charge in [-0.05, 0) is 31.0 Å². The van der Waals surface area contributed by atoms with Gasteiger partial charge in [-0.25, -0.2) is 9.37 Å². The number of anilines is 1. The molecule has 0 aliphatic heterocycles. The molecule has 0 spiro atoms. The number of imidazole rings is 1. The fraction of sp³-hybridized carbons (Fsp3) is 0.188. The van der Waals surface area contributed by atoms with Crippen molar-refractivity contribution in [3.05, 3.63) is 59.9 Å². The lowest BCUT2D eigenvalue weighted by atomic mass is 10.1. The summed E-state index contributed by atoms with van der Waals surface area (Å²) in [5.74, 6) is 0.131. The molecule has 2 aromatic carbocycles. The lowest BCUT2D eigenvalue weighted by Crippen LogP contribution is -2.11. The van der Waals surface area contributed by atoms with Crippen LogP contribution in [0.2, 0.25) is 0 Å². The number of halogens is 1. The fourth-order valence-corrected chi connectivity index (χ4v) is 2.60. The molecule has 0 amide bonds. The number of fused-ring (bicyclic) bond motifs is 1. The second-order valence-corrected chi connectivity index (χ2v) is 5.01. The third-order valence-electron chi connectivity index (χ3n) is 3.49. The average molecular weight is 269 g/mol. The molecule has 0 saturated carbocycles. The maximum absolute atomic E-state index is 13.2. The number of aromatic nitrogens is 2. The van der Waals surface area contributed by atoms with E-state index >= 15 is 0 Å². The van der Waals surface area contributed by atoms with Gasteiger partial charge >= 0.3 is 0 Å². The van der Waals surface area contributed by atoms with Crippen LogP contribution in [0.4, 0.5) is 10.3 Å². The largest absolute Gasteiger partial charge is 0.369 e. The predicted octanol–water partition coefficient (Wildman–Crippen LogP) is 3.56. The van der Waals surface area contributed by atoms with E-state index in [-0.39, 0.29) is 11.9 Å². The van der Waals surface area contributed by atoms with Crippen LogP contribution in [0.15, 0.2) is 48.5 Å². The summed E-state index contributed by atoms with van der Waals surface area (Å²) in [4.78, 5) is 4.24. The standard InChI is InChI=1S/C16H16FN3/c1-11(9-12-5-3-2-4-6-12)20-15-8-7-13(17)10-14(15)19-16(20)18/h2-8,10-11H,9H2,1H3,(H2,18,19). The van der Waals surface area contributed by atoms with Crippen molar-refractivity contribution < 1.29 is 4.39 Å². The van der Waals surface area contributed by atoms with Gasteiger partial charge in [-0.3, -0.25) is 0 Å². The van der Waals surface area contributed by atoms with Crippen LogP contribution < -0.4 is 5.73 Å². The zero-order valence-corrected chi connectivity index (χ0v) is 11.3. The fourth-order valence-electron chi connectivity index (χ4n) is 2.60. The van der Waals surface area contributed by atoms with Crippen LogP contribution in [0, 0.1) is 5.82 Å². The van der Waals surface area contributed by atoms with Crippen LogP contribution >= 0.6 is 0 Å². The van der Waals surface area contributed by atoms with E-state index in [4.69, 9.17) is 5.73 Å². The summed E-state index contributed by atoms with van der Waals surface area (Å²) in [6.45, 7) is 2.09. The Morgan fingerprint density at radius 3 is 2.70 bits per heavy atom. The molecule has 0 fully saturated rings. The molecule has 0 aliphatic carbocycles. The Bertz CT molecular complexity index is 734. The first-order valence-corrected chi connectivity index (χ1v) is 6.62. The molecule has 20 heavy (non-hydrogen) atoms. The van der Waals surface area contributed by atoms with Crippen molar-refractivity contribution >= 4 is 17.0 Å². The maximum Gasteiger partial charge on any atom is 0.201 e. The molecule has 1 aromatic heterocycles. The second kappa shape index (κ2) is 4.96. The van der Waals surface area contributed by atoms with Crippen LogP contribution in [0.3, 0.4) is 0 Å². The zero-order chi connectivity index (χ0) is 14.1. The highest BCUT2D eigenvalue weighted by Gasteiger charge is 2.14. The second-order valence-electron chi connectivity index (χ2n) is 5.01. The highest BCUT2D eigenvalue weighted by Crippen LogP contribution is 2.25. The number of nitrogens with zero attached hydrogens (tertiary/aromatic N) is 2. The Kier molecular flexibility index (Phi) is 3.14. The van der Waals surface area contributed by atoms with E-state index in [0.717, 1.165) is 11.9 Å². The van der Waals surface area contributed by atoms with Gasteiger partial charge in [0.1, 0.15) is 5.82 Å². The number of benzene rings is 2. The van der Waals surface area contributed by atoms with E-state index < -0.39 is 0 Å². The van der Waals surface area contributed by atoms with E-state index in [1.807, 2.05) is 22.8 Å². The smallest absolute Gasteiger partial charge is 0.201 e. The highest BCUT2D eigenvalue weighted by molar-refractivity contribution is 5.78. The van der Waals surface area contributed by atoms with Crippen molar-refractivity contribution in [2.75, 3.05) is 5.73 Å². The number of hydrogen-bond acceptors (Lipinski definition) is 2. The number of nitrogens with two attached hydrogens (primary N) is 1. The molecule has 102 valence electrons. The summed E-state index contributed by atoms with van der Waals surface area (Å²) < 4.78 is 15.2. The van der Waals surface area contributed by atoms with Gasteiger partial charge in [0.2, 0.25) is 5.95 Å². The Morgan fingerprint density at radius 1 is 1.20 bits per heavy atom. The molecule has 1 unspecified atom stereocenters. The van der Waals surface area contributed by atoms with Crippen molar-refractivity contribution in [1.29, 1.82) is 0 Å². The minimum absolute atomic E-state index is 0.160. The molecule has 3 rings (SSSR count). The van der Waals surface area contributed by atoms with Crippen molar-refractivity contribution in [3.8, 4) is 0 Å². The number of rotatable bonds is 3. The third kappa shape index (κ3) is 2.25. The topological polar surface area (TPSA) is 43.8 Å². The minimum atomic E-state index is -0.294. The lowest BCUT2D eigenvalue weighted by Gasteiger charge is -2.16. The molecule has 0 aliphatic rings. The first-order chi connectivity index (χ1) is 9.65. The van der Waals surface area contributed by atoms with Gasteiger partial charge in [0, 0.05) is 12.1 Å². The zero-order valence-electron chi connectivity index (χ0n) is 11.3. The van der Waals surface area contributed by atoms with E-state index in [9.17, 15) is 4.39 Å². The van der Waals surface area contributed by atoms with Crippen LogP contribution in [-0.2, 0) is 6.42 Å². The molecular weight excluding hydrogens is 253 g/mol. The van der Waals surface area contributed by atoms with E-state index in [0.29, 0.717) is 11.5 Å². The predicted molar refractivity (Wildman–Crippen MR) is 79.0 cm³/mol. The van der Waals surface area contributed by atoms with Gasteiger partial charge in [0.15, 0.2) is 0 Å². The lowest BCUT2D eigenvalue weighted by molar-refractivity contribution is 0.566. The van der Waals surface area contributed by atoms with Gasteiger partial charge in [-0.1, -0.05) is 30.3 Å². The summed E-state index contributed by atoms with van der Waals surface area (Å²) in [6.07, 6.45) is 0.855. The van der Waals surface area contributed by atoms with Crippen molar-refractivity contribution in [2.45, 2.75) is 19.4 Å². The van der Waals surface area contributed by atoms with Crippen LogP contribution in [0.1, 0.15) is 18.5 Å². The Morgan fingerprint density at radius 2 is 1.95 bits per heavy atom. The van der Waals surface area contributed by atoms with Gasteiger partial charge in [0.25, 0.3) is 0 Å². The molecule has 3 nitrogen and oxygen atoms in total. The molecule has 0 bridgehead atoms. The van der Waals surface area contributed by atoms with E-state index in [1.54, 1.807) is 6.07 Å². The Labute approximate surface area is 116 Å². The number of hydrogen-bond donors (Lipinski definition) is 1. The monoisotopic (exact) mass is 269 g/mol. The molecule has 2 N–H and O–H groups in total. The van der Waals surface area contributed by atoms with Gasteiger partial charge in [0.05, 0.1) is 11.0 Å². The van der Waals surface area contributed by atoms with E-state index in [2.05, 4.69) is 24.0 Å². The molecule has 1 atom stereocenters. The molecule has 0 radical (unpaired) electrons. The molecule has 0 saturated heterocycles. The number of nitrogen functional groups attached to an aromatic ring is 1. The van der Waals surface area contributed by atoms with Crippen molar-refractivity contribution in [1.82, 2.24) is 9.55 Å². The minimum Gasteiger partial charge on any atom is -0.369 e. The van der Waals surface area contributed by atoms with E-state index in [1.165, 1.54) is 17.7 Å². The molecule has 4 heteroatoms. The van der Waals surface area contributed by atoms with Crippen molar-refractivity contribution in [2.24, 2.45) is 0 Å². The summed E-state index contributed by atoms with van der Waals surface area (Å²) in [5, 5.41) is 0. The van der Waals surface area contributed by atoms with Gasteiger partial charge in [-0.2, -0.15) is 0 Å². The van der Waals surface area contributed by atoms with Gasteiger partial charge < -0.3 is 10.3 Å². The van der Waals surface area contributed by atoms with Crippen LogP contribution in [-0.4, -0.2) is 9.55 Å². The normalized spacial score (nSPS) is 12.7. The van der Waals surface area contributed by atoms with Crippen LogP contribution in [0.25, 0.3) is 11.0 Å². The van der Waals surface area contributed by atoms with Gasteiger partial charge in [-0.15, -0.1) is 0 Å². The first-order valence-electron chi connectivity index (χ1n) is 6.62. The summed E-state index contributed by atoms with van der Waals surface area (Å²) >= 11 is 0. The quantitative estimate of drug-likeness (QED) is 0.790. The summed E-state index contributed by atoms with van der Waals surface area (Å²) in [7, 11) is 0. The molecule has 1 heterocycles. The first kappa shape index (κ1) is 12.7. The Hall–Kier alpha value is -2.36. The summed E-state index contributed by atoms with van der Waals surface area (Å²) in [6, 6.07) is 15.0. The third-order valence-corrected chi connectivity index (χ3v) is 3.49. The average Bonchev–Trinajstić information content (AvgIpc) is 2.74. The van der Waals surface area contributed by atoms with Crippen molar-refractivity contribution in [3.63, 3.8) is 0 Å². The summed E-state index contributed by atoms with van der Waals surface area (Å²) in [5.41, 5.74) is 8.69. The SMILES string of the molecule is CC(Cc1ccccc1)n1c(N)nc2cc(F)ccc21. The molecular formula is C16H16FN3. The Balaban J connectivity index is 1.99.